The molecule has 4 heterocycles. The van der Waals surface area contributed by atoms with Crippen LogP contribution < -0.4 is 9.97 Å². The summed E-state index contributed by atoms with van der Waals surface area (Å²) in [7, 11) is 0. The summed E-state index contributed by atoms with van der Waals surface area (Å²) in [4.78, 5) is 15.8. The Morgan fingerprint density at radius 1 is 0.634 bits per heavy atom. The molecule has 0 amide bonds. The van der Waals surface area contributed by atoms with E-state index in [1.54, 1.807) is 37.2 Å². The summed E-state index contributed by atoms with van der Waals surface area (Å²) in [5.74, 6) is 0. The van der Waals surface area contributed by atoms with Gasteiger partial charge in [-0.25, -0.2) is 0 Å². The van der Waals surface area contributed by atoms with E-state index in [0.29, 0.717) is 0 Å². The molecule has 0 bridgehead atoms. The van der Waals surface area contributed by atoms with Crippen molar-refractivity contribution < 1.29 is 17.9 Å². The molecule has 0 saturated carbocycles. The molecule has 4 aromatic heterocycles. The molecule has 0 saturated heterocycles. The fourth-order valence-electron chi connectivity index (χ4n) is 3.20. The number of benzene rings is 2. The molecular weight excluding hydrogens is 610 g/mol. The van der Waals surface area contributed by atoms with Crippen LogP contribution in [0.3, 0.4) is 0 Å². The minimum Gasteiger partial charge on any atom is -0.670 e. The molecule has 41 heavy (non-hydrogen) atoms. The van der Waals surface area contributed by atoms with Crippen molar-refractivity contribution in [3.8, 4) is 11.4 Å². The summed E-state index contributed by atoms with van der Waals surface area (Å²) >= 11 is 5.55. The SMILES string of the molecule is CC(C)([CH]=[Mo+2]=[N]c1ccccc1Cl)c1ccccc1.c1cc[n-]c1.c1cc[n-]c1.c1ccc(-c2ccccn2)nc1. The van der Waals surface area contributed by atoms with Crippen LogP contribution >= 0.6 is 11.6 Å². The van der Waals surface area contributed by atoms with Gasteiger partial charge in [0.25, 0.3) is 0 Å². The number of hydrogen-bond acceptors (Lipinski definition) is 3. The zero-order valence-electron chi connectivity index (χ0n) is 23.0. The van der Waals surface area contributed by atoms with Crippen molar-refractivity contribution in [2.24, 2.45) is 3.50 Å². The van der Waals surface area contributed by atoms with Crippen LogP contribution in [-0.2, 0) is 23.3 Å². The fourth-order valence-corrected chi connectivity index (χ4v) is 5.30. The summed E-state index contributed by atoms with van der Waals surface area (Å²) in [6, 6.07) is 37.4. The van der Waals surface area contributed by atoms with Gasteiger partial charge in [-0.2, -0.15) is 24.8 Å². The standard InChI is InChI=1S/C10H8N2.C10H12.C6H4ClN.2C4H4N.Mo/c1-3-7-11-9(5-1)10-6-2-4-8-12-10;1-10(2,3)9-7-5-4-6-8-9;7-5-3-1-2-4-6(5)8;2*1-2-4-5-3-1;/h1-8H;1,4-8H,2-3H3;1-4H;2*1-4H;/q;;;2*-1;+2. The zero-order valence-corrected chi connectivity index (χ0v) is 25.8. The molecule has 0 aliphatic rings. The average molecular weight is 642 g/mol. The van der Waals surface area contributed by atoms with E-state index in [1.807, 2.05) is 91.0 Å². The van der Waals surface area contributed by atoms with Crippen molar-refractivity contribution in [1.82, 2.24) is 19.9 Å². The number of halogens is 1. The van der Waals surface area contributed by atoms with Crippen molar-refractivity contribution in [3.63, 3.8) is 0 Å². The first kappa shape index (κ1) is 31.5. The Balaban J connectivity index is 0.000000176. The first-order valence-electron chi connectivity index (χ1n) is 12.9. The monoisotopic (exact) mass is 643 g/mol. The van der Waals surface area contributed by atoms with Gasteiger partial charge in [-0.05, 0) is 24.3 Å². The Morgan fingerprint density at radius 2 is 1.12 bits per heavy atom. The van der Waals surface area contributed by atoms with E-state index in [-0.39, 0.29) is 5.41 Å². The minimum atomic E-state index is -0.558. The Kier molecular flexibility index (Phi) is 14.1. The smallest absolute Gasteiger partial charge is 0.0886 e. The van der Waals surface area contributed by atoms with E-state index >= 15 is 0 Å². The number of aromatic nitrogens is 4. The third-order valence-corrected chi connectivity index (χ3v) is 8.14. The Labute approximate surface area is 255 Å². The maximum atomic E-state index is 6.10. The Bertz CT molecular complexity index is 1430. The van der Waals surface area contributed by atoms with Gasteiger partial charge in [0.1, 0.15) is 0 Å². The topological polar surface area (TPSA) is 66.3 Å². The van der Waals surface area contributed by atoms with Gasteiger partial charge in [0.15, 0.2) is 0 Å². The van der Waals surface area contributed by atoms with Gasteiger partial charge in [0.05, 0.1) is 11.4 Å². The molecular formula is C34H32ClMoN5. The molecule has 6 aromatic rings. The van der Waals surface area contributed by atoms with Gasteiger partial charge < -0.3 is 9.97 Å². The van der Waals surface area contributed by atoms with Crippen molar-refractivity contribution in [2.45, 2.75) is 19.3 Å². The second-order valence-corrected chi connectivity index (χ2v) is 10.9. The first-order chi connectivity index (χ1) is 20.1. The predicted molar refractivity (Wildman–Crippen MR) is 166 cm³/mol. The fraction of sp³-hybridized carbons (Fsp3) is 0.0882. The van der Waals surface area contributed by atoms with Crippen LogP contribution in [0.1, 0.15) is 19.4 Å². The summed E-state index contributed by atoms with van der Waals surface area (Å²) in [6.07, 6.45) is 10.5. The van der Waals surface area contributed by atoms with Crippen LogP contribution in [0.4, 0.5) is 5.69 Å². The van der Waals surface area contributed by atoms with E-state index in [4.69, 9.17) is 11.6 Å². The molecule has 0 atom stereocenters. The summed E-state index contributed by atoms with van der Waals surface area (Å²) < 4.78 is 7.00. The summed E-state index contributed by atoms with van der Waals surface area (Å²) in [5, 5.41) is 0.735. The van der Waals surface area contributed by atoms with Crippen molar-refractivity contribution in [3.05, 3.63) is 163 Å². The van der Waals surface area contributed by atoms with E-state index in [1.165, 1.54) is 5.56 Å². The molecule has 0 aliphatic carbocycles. The van der Waals surface area contributed by atoms with Crippen molar-refractivity contribution in [1.29, 1.82) is 0 Å². The summed E-state index contributed by atoms with van der Waals surface area (Å²) in [6.45, 7) is 4.46. The maximum Gasteiger partial charge on any atom is 0.0886 e. The third-order valence-electron chi connectivity index (χ3n) is 5.37. The number of hydrogen-bond donors (Lipinski definition) is 0. The van der Waals surface area contributed by atoms with Crippen LogP contribution in [0.2, 0.25) is 5.02 Å². The molecule has 0 spiro atoms. The first-order valence-corrected chi connectivity index (χ1v) is 15.4. The zero-order chi connectivity index (χ0) is 29.0. The maximum absolute atomic E-state index is 6.10. The third kappa shape index (κ3) is 12.3. The van der Waals surface area contributed by atoms with Gasteiger partial charge in [-0.3, -0.25) is 9.97 Å². The van der Waals surface area contributed by atoms with Crippen LogP contribution in [0, 0.1) is 0 Å². The summed E-state index contributed by atoms with van der Waals surface area (Å²) in [5.41, 5.74) is 4.13. The second-order valence-electron chi connectivity index (χ2n) is 8.95. The largest absolute Gasteiger partial charge is 0.670 e. The van der Waals surface area contributed by atoms with Crippen LogP contribution in [-0.4, -0.2) is 14.4 Å². The Hall–Kier alpha value is -4.05. The molecule has 0 fully saturated rings. The van der Waals surface area contributed by atoms with Crippen LogP contribution in [0.5, 0.6) is 0 Å². The second kappa shape index (κ2) is 18.3. The molecule has 7 heteroatoms. The molecule has 0 unspecified atom stereocenters. The Morgan fingerprint density at radius 3 is 1.56 bits per heavy atom. The minimum absolute atomic E-state index is 0.0637. The quantitative estimate of drug-likeness (QED) is 0.181. The van der Waals surface area contributed by atoms with Gasteiger partial charge in [-0.15, -0.1) is 0 Å². The number of pyridine rings is 2. The molecule has 6 rings (SSSR count). The average Bonchev–Trinajstić information content (AvgIpc) is 3.80. The van der Waals surface area contributed by atoms with E-state index < -0.39 is 17.9 Å². The predicted octanol–water partition coefficient (Wildman–Crippen LogP) is 8.45. The van der Waals surface area contributed by atoms with Crippen molar-refractivity contribution >= 4 is 21.7 Å². The van der Waals surface area contributed by atoms with E-state index in [9.17, 15) is 0 Å². The van der Waals surface area contributed by atoms with Gasteiger partial charge in [0, 0.05) is 12.4 Å². The van der Waals surface area contributed by atoms with E-state index in [2.05, 4.69) is 65.9 Å². The van der Waals surface area contributed by atoms with Crippen LogP contribution in [0.15, 0.2) is 156 Å². The van der Waals surface area contributed by atoms with Gasteiger partial charge >= 0.3 is 128 Å². The van der Waals surface area contributed by atoms with Crippen molar-refractivity contribution in [2.75, 3.05) is 0 Å². The van der Waals surface area contributed by atoms with Gasteiger partial charge in [0.2, 0.25) is 0 Å². The molecule has 0 aliphatic heterocycles. The number of rotatable bonds is 4. The number of nitrogens with zero attached hydrogens (tertiary/aromatic N) is 5. The van der Waals surface area contributed by atoms with Gasteiger partial charge in [-0.1, -0.05) is 36.4 Å². The normalized spacial score (nSPS) is 9.73. The van der Waals surface area contributed by atoms with E-state index in [0.717, 1.165) is 22.1 Å². The molecule has 2 aromatic carbocycles. The molecule has 0 radical (unpaired) electrons. The molecule has 5 nitrogen and oxygen atoms in total. The molecule has 0 N–H and O–H groups in total. The van der Waals surface area contributed by atoms with Crippen LogP contribution in [0.25, 0.3) is 11.4 Å². The molecule has 206 valence electrons.